The fourth-order valence-corrected chi connectivity index (χ4v) is 9.55. The molecule has 2 aromatic rings. The van der Waals surface area contributed by atoms with Gasteiger partial charge in [0.15, 0.2) is 11.5 Å². The minimum Gasteiger partial charge on any atom is -0.378 e. The number of imide groups is 2. The lowest BCUT2D eigenvalue weighted by molar-refractivity contribution is -0.139. The number of anilines is 1. The second-order valence-corrected chi connectivity index (χ2v) is 17.4. The smallest absolute Gasteiger partial charge is 0.274 e. The summed E-state index contributed by atoms with van der Waals surface area (Å²) in [6, 6.07) is 8.24. The summed E-state index contributed by atoms with van der Waals surface area (Å²) in [4.78, 5) is 85.8. The van der Waals surface area contributed by atoms with Gasteiger partial charge in [0.25, 0.3) is 17.7 Å². The zero-order valence-corrected chi connectivity index (χ0v) is 37.3. The molecule has 6 heterocycles. The van der Waals surface area contributed by atoms with E-state index in [4.69, 9.17) is 23.7 Å². The predicted molar refractivity (Wildman–Crippen MR) is 233 cm³/mol. The maximum absolute atomic E-state index is 13.2. The second-order valence-electron chi connectivity index (χ2n) is 16.2. The summed E-state index contributed by atoms with van der Waals surface area (Å²) in [6.07, 6.45) is 5.48. The quantitative estimate of drug-likeness (QED) is 0.101. The number of carbonyl (C=O) groups is 6. The van der Waals surface area contributed by atoms with Gasteiger partial charge in [-0.1, -0.05) is 6.07 Å². The number of rotatable bonds is 22. The van der Waals surface area contributed by atoms with Crippen molar-refractivity contribution in [2.24, 2.45) is 0 Å². The summed E-state index contributed by atoms with van der Waals surface area (Å²) >= 11 is 1.39. The Balaban J connectivity index is 0.645. The van der Waals surface area contributed by atoms with Crippen LogP contribution in [0, 0.1) is 0 Å². The van der Waals surface area contributed by atoms with E-state index in [9.17, 15) is 28.8 Å². The number of nitrogens with zero attached hydrogens (tertiary/aromatic N) is 7. The van der Waals surface area contributed by atoms with E-state index in [1.54, 1.807) is 24.3 Å². The molecule has 7 rings (SSSR count). The number of benzene rings is 1. The Labute approximate surface area is 377 Å². The molecule has 0 saturated carbocycles. The van der Waals surface area contributed by atoms with E-state index in [1.807, 2.05) is 15.9 Å². The van der Waals surface area contributed by atoms with Gasteiger partial charge in [0.2, 0.25) is 17.7 Å². The summed E-state index contributed by atoms with van der Waals surface area (Å²) in [5.74, 6) is -0.771. The van der Waals surface area contributed by atoms with Crippen molar-refractivity contribution in [3.63, 3.8) is 0 Å². The molecule has 0 aliphatic carbocycles. The molecule has 19 nitrogen and oxygen atoms in total. The Hall–Kier alpha value is -4.57. The van der Waals surface area contributed by atoms with Crippen LogP contribution in [0.3, 0.4) is 0 Å². The minimum absolute atomic E-state index is 0.00373. The van der Waals surface area contributed by atoms with E-state index >= 15 is 0 Å². The molecule has 64 heavy (non-hydrogen) atoms. The van der Waals surface area contributed by atoms with Crippen LogP contribution < -0.4 is 10.2 Å². The highest BCUT2D eigenvalue weighted by Crippen LogP contribution is 2.34. The fourth-order valence-electron chi connectivity index (χ4n) is 8.61. The molecule has 5 aliphatic rings. The highest BCUT2D eigenvalue weighted by Gasteiger charge is 2.45. The summed E-state index contributed by atoms with van der Waals surface area (Å²) in [7, 11) is 0. The molecule has 1 aromatic carbocycles. The van der Waals surface area contributed by atoms with Gasteiger partial charge in [-0.2, -0.15) is 0 Å². The highest BCUT2D eigenvalue weighted by atomic mass is 32.2. The molecular formula is C44H60N8O11S. The zero-order chi connectivity index (χ0) is 44.7. The highest BCUT2D eigenvalue weighted by molar-refractivity contribution is 7.99. The van der Waals surface area contributed by atoms with Crippen molar-refractivity contribution in [3.8, 4) is 0 Å². The lowest BCUT2D eigenvalue weighted by atomic mass is 10.0. The number of nitrogens with one attached hydrogen (secondary N) is 1. The molecule has 6 amide bonds. The molecule has 348 valence electrons. The molecule has 20 heteroatoms. The van der Waals surface area contributed by atoms with Crippen LogP contribution in [-0.2, 0) is 38.1 Å². The minimum atomic E-state index is -1.00. The Morgan fingerprint density at radius 2 is 1.33 bits per heavy atom. The van der Waals surface area contributed by atoms with E-state index in [0.717, 1.165) is 75.7 Å². The van der Waals surface area contributed by atoms with Gasteiger partial charge in [-0.3, -0.25) is 43.9 Å². The third-order valence-electron chi connectivity index (χ3n) is 12.1. The molecule has 1 N–H and O–H groups in total. The van der Waals surface area contributed by atoms with Crippen LogP contribution in [-0.4, -0.2) is 202 Å². The van der Waals surface area contributed by atoms with Crippen molar-refractivity contribution in [1.82, 2.24) is 35.1 Å². The summed E-state index contributed by atoms with van der Waals surface area (Å²) in [6.45, 7) is 9.92. The van der Waals surface area contributed by atoms with Crippen LogP contribution in [0.4, 0.5) is 5.82 Å². The maximum atomic E-state index is 13.2. The SMILES string of the molecule is O=C1CCC(N2C(=O)c3cccc(SCCOCCOCCOCCOCCOCC(=O)N4CCN(C5CCN(c6ccc(C(=O)N7CCCCC7)nn6)CC5)CC4)c3C2=O)C(=O)N1. The number of aromatic nitrogens is 2. The number of hydrogen-bond donors (Lipinski definition) is 1. The van der Waals surface area contributed by atoms with Gasteiger partial charge in [0.05, 0.1) is 70.6 Å². The molecule has 4 fully saturated rings. The zero-order valence-electron chi connectivity index (χ0n) is 36.5. The van der Waals surface area contributed by atoms with Gasteiger partial charge in [0, 0.05) is 75.5 Å². The first kappa shape index (κ1) is 47.4. The number of amides is 6. The largest absolute Gasteiger partial charge is 0.378 e. The Morgan fingerprint density at radius 1 is 0.672 bits per heavy atom. The van der Waals surface area contributed by atoms with E-state index in [1.165, 1.54) is 18.2 Å². The van der Waals surface area contributed by atoms with Crippen molar-refractivity contribution in [2.45, 2.75) is 61.9 Å². The van der Waals surface area contributed by atoms with E-state index in [2.05, 4.69) is 25.3 Å². The Morgan fingerprint density at radius 3 is 1.97 bits per heavy atom. The van der Waals surface area contributed by atoms with Crippen molar-refractivity contribution < 1.29 is 52.5 Å². The summed E-state index contributed by atoms with van der Waals surface area (Å²) in [5.41, 5.74) is 0.951. The number of fused-ring (bicyclic) bond motifs is 1. The molecular weight excluding hydrogens is 849 g/mol. The molecule has 5 aliphatic heterocycles. The summed E-state index contributed by atoms with van der Waals surface area (Å²) in [5, 5.41) is 10.9. The van der Waals surface area contributed by atoms with Crippen LogP contribution in [0.2, 0.25) is 0 Å². The topological polar surface area (TPSA) is 203 Å². The van der Waals surface area contributed by atoms with Crippen LogP contribution in [0.15, 0.2) is 35.2 Å². The predicted octanol–water partition coefficient (Wildman–Crippen LogP) is 1.49. The van der Waals surface area contributed by atoms with Crippen molar-refractivity contribution in [3.05, 3.63) is 47.2 Å². The number of piperidine rings is 3. The molecule has 0 radical (unpaired) electrons. The first-order valence-corrected chi connectivity index (χ1v) is 23.5. The lowest BCUT2D eigenvalue weighted by Crippen LogP contribution is -2.55. The molecule has 1 unspecified atom stereocenters. The number of likely N-dealkylation sites (tertiary alicyclic amines) is 1. The molecule has 4 saturated heterocycles. The summed E-state index contributed by atoms with van der Waals surface area (Å²) < 4.78 is 28.0. The van der Waals surface area contributed by atoms with Crippen molar-refractivity contribution in [1.29, 1.82) is 0 Å². The average Bonchev–Trinajstić information content (AvgIpc) is 3.58. The average molecular weight is 909 g/mol. The van der Waals surface area contributed by atoms with Crippen LogP contribution in [0.25, 0.3) is 0 Å². The number of thioether (sulfide) groups is 1. The van der Waals surface area contributed by atoms with Gasteiger partial charge >= 0.3 is 0 Å². The standard InChI is InChI=1S/C44H60N8O11S/c53-38-10-8-35(41(55)45-38)52-42(56)33-5-4-6-36(40(33)44(52)58)64-30-29-62-26-25-60-22-21-59-23-24-61-27-28-63-31-39(54)50-19-17-48(18-20-50)32-11-15-49(16-12-32)37-9-7-34(46-47-37)43(57)51-13-2-1-3-14-51/h4-7,9,32,35H,1-3,8,10-31H2,(H,45,53,55). The molecule has 0 spiro atoms. The Bertz CT molecular complexity index is 1920. The van der Waals surface area contributed by atoms with Crippen molar-refractivity contribution in [2.75, 3.05) is 129 Å². The van der Waals surface area contributed by atoms with Crippen LogP contribution in [0.1, 0.15) is 76.2 Å². The number of piperazine rings is 1. The maximum Gasteiger partial charge on any atom is 0.274 e. The third kappa shape index (κ3) is 12.6. The van der Waals surface area contributed by atoms with Gasteiger partial charge in [-0.25, -0.2) is 0 Å². The first-order valence-electron chi connectivity index (χ1n) is 22.5. The number of ether oxygens (including phenoxy) is 5. The Kier molecular flexibility index (Phi) is 17.8. The lowest BCUT2D eigenvalue weighted by Gasteiger charge is -2.43. The third-order valence-corrected chi connectivity index (χ3v) is 13.1. The number of hydrogen-bond acceptors (Lipinski definition) is 16. The second kappa shape index (κ2) is 24.1. The first-order chi connectivity index (χ1) is 31.3. The van der Waals surface area contributed by atoms with Gasteiger partial charge in [0.1, 0.15) is 12.6 Å². The van der Waals surface area contributed by atoms with Gasteiger partial charge in [-0.15, -0.1) is 22.0 Å². The van der Waals surface area contributed by atoms with Crippen LogP contribution >= 0.6 is 11.8 Å². The molecule has 1 atom stereocenters. The monoisotopic (exact) mass is 908 g/mol. The van der Waals surface area contributed by atoms with Crippen LogP contribution in [0.5, 0.6) is 0 Å². The van der Waals surface area contributed by atoms with Crippen molar-refractivity contribution >= 4 is 53.0 Å². The van der Waals surface area contributed by atoms with Gasteiger partial charge in [-0.05, 0) is 62.8 Å². The van der Waals surface area contributed by atoms with Gasteiger partial charge < -0.3 is 38.4 Å². The molecule has 1 aromatic heterocycles. The normalized spacial score (nSPS) is 20.0. The van der Waals surface area contributed by atoms with E-state index in [0.29, 0.717) is 94.9 Å². The molecule has 0 bridgehead atoms. The van der Waals surface area contributed by atoms with E-state index < -0.39 is 29.7 Å². The fraction of sp³-hybridized carbons (Fsp3) is 0.636. The number of carbonyl (C=O) groups excluding carboxylic acids is 6. The van der Waals surface area contributed by atoms with E-state index in [-0.39, 0.29) is 42.4 Å².